The lowest BCUT2D eigenvalue weighted by Gasteiger charge is -2.51. The molecule has 1 amide bonds. The number of amides is 1. The second-order valence-electron chi connectivity index (χ2n) is 9.74. The average molecular weight is 404 g/mol. The van der Waals surface area contributed by atoms with E-state index < -0.39 is 5.60 Å². The smallest absolute Gasteiger partial charge is 0.410 e. The molecule has 0 spiro atoms. The molecule has 2 aliphatic carbocycles. The minimum atomic E-state index is -0.560. The maximum absolute atomic E-state index is 13.2. The molecular weight excluding hydrogens is 374 g/mol. The zero-order chi connectivity index (χ0) is 20.3. The van der Waals surface area contributed by atoms with Gasteiger partial charge in [0.2, 0.25) is 0 Å². The van der Waals surface area contributed by atoms with Crippen molar-refractivity contribution in [2.75, 3.05) is 6.61 Å². The van der Waals surface area contributed by atoms with E-state index in [1.54, 1.807) is 0 Å². The minimum Gasteiger partial charge on any atom is -0.448 e. The van der Waals surface area contributed by atoms with E-state index in [1.165, 1.54) is 22.3 Å². The number of carbonyl (C=O) groups excluding carboxylic acids is 1. The van der Waals surface area contributed by atoms with Gasteiger partial charge >= 0.3 is 6.09 Å². The largest absolute Gasteiger partial charge is 0.448 e. The van der Waals surface area contributed by atoms with Gasteiger partial charge in [-0.15, -0.1) is 0 Å². The maximum Gasteiger partial charge on any atom is 0.410 e. The molecule has 2 saturated heterocycles. The number of carbonyl (C=O) groups is 1. The lowest BCUT2D eigenvalue weighted by atomic mass is 9.73. The van der Waals surface area contributed by atoms with Crippen molar-refractivity contribution in [2.45, 2.75) is 68.5 Å². The average Bonchev–Trinajstić information content (AvgIpc) is 3.56. The molecule has 1 saturated carbocycles. The molecule has 2 aromatic carbocycles. The van der Waals surface area contributed by atoms with Gasteiger partial charge in [-0.1, -0.05) is 48.5 Å². The summed E-state index contributed by atoms with van der Waals surface area (Å²) in [7, 11) is 0. The highest BCUT2D eigenvalue weighted by molar-refractivity contribution is 5.79. The predicted molar refractivity (Wildman–Crippen MR) is 115 cm³/mol. The topological polar surface area (TPSA) is 49.8 Å². The molecule has 0 radical (unpaired) electrons. The van der Waals surface area contributed by atoms with Crippen LogP contribution in [-0.2, 0) is 4.74 Å². The van der Waals surface area contributed by atoms with Gasteiger partial charge in [-0.2, -0.15) is 0 Å². The zero-order valence-electron chi connectivity index (χ0n) is 17.3. The lowest BCUT2D eigenvalue weighted by molar-refractivity contribution is -0.0963. The fourth-order valence-corrected chi connectivity index (χ4v) is 6.39. The molecule has 4 heteroatoms. The van der Waals surface area contributed by atoms with Gasteiger partial charge in [-0.05, 0) is 73.1 Å². The number of benzene rings is 2. The molecule has 2 bridgehead atoms. The highest BCUT2D eigenvalue weighted by atomic mass is 16.6. The van der Waals surface area contributed by atoms with E-state index in [0.29, 0.717) is 12.5 Å². The van der Waals surface area contributed by atoms with Crippen molar-refractivity contribution in [1.82, 2.24) is 4.90 Å². The van der Waals surface area contributed by atoms with Crippen LogP contribution in [0.2, 0.25) is 0 Å². The number of aliphatic hydroxyl groups is 1. The van der Waals surface area contributed by atoms with Crippen LogP contribution in [0, 0.1) is 5.92 Å². The fraction of sp³-hybridized carbons (Fsp3) is 0.500. The Labute approximate surface area is 177 Å². The molecule has 2 atom stereocenters. The first kappa shape index (κ1) is 18.4. The van der Waals surface area contributed by atoms with E-state index in [2.05, 4.69) is 48.5 Å². The van der Waals surface area contributed by atoms with Crippen LogP contribution < -0.4 is 0 Å². The van der Waals surface area contributed by atoms with Crippen LogP contribution in [0.1, 0.15) is 62.0 Å². The number of hydrogen-bond donors (Lipinski definition) is 1. The van der Waals surface area contributed by atoms with Crippen LogP contribution in [0.5, 0.6) is 0 Å². The Balaban J connectivity index is 1.20. The van der Waals surface area contributed by atoms with Crippen LogP contribution in [0.3, 0.4) is 0 Å². The van der Waals surface area contributed by atoms with Gasteiger partial charge in [-0.25, -0.2) is 4.79 Å². The third-order valence-corrected chi connectivity index (χ3v) is 7.92. The quantitative estimate of drug-likeness (QED) is 0.776. The number of nitrogens with zero attached hydrogens (tertiary/aromatic N) is 1. The van der Waals surface area contributed by atoms with Gasteiger partial charge in [0.15, 0.2) is 0 Å². The molecule has 156 valence electrons. The number of piperidine rings is 2. The number of ether oxygens (including phenoxy) is 1. The van der Waals surface area contributed by atoms with Crippen molar-refractivity contribution in [3.8, 4) is 11.1 Å². The number of rotatable bonds is 3. The molecule has 4 aliphatic rings. The van der Waals surface area contributed by atoms with Crippen LogP contribution >= 0.6 is 0 Å². The third kappa shape index (κ3) is 2.88. The maximum atomic E-state index is 13.2. The van der Waals surface area contributed by atoms with Crippen LogP contribution in [0.25, 0.3) is 11.1 Å². The molecular formula is C26H29NO3. The van der Waals surface area contributed by atoms with Crippen molar-refractivity contribution in [3.05, 3.63) is 59.7 Å². The molecule has 1 N–H and O–H groups in total. The molecule has 6 rings (SSSR count). The van der Waals surface area contributed by atoms with E-state index >= 15 is 0 Å². The Morgan fingerprint density at radius 2 is 1.50 bits per heavy atom. The van der Waals surface area contributed by atoms with Crippen molar-refractivity contribution in [3.63, 3.8) is 0 Å². The van der Waals surface area contributed by atoms with Gasteiger partial charge in [0.1, 0.15) is 6.61 Å². The number of fused-ring (bicyclic) bond motifs is 5. The summed E-state index contributed by atoms with van der Waals surface area (Å²) >= 11 is 0. The van der Waals surface area contributed by atoms with E-state index in [1.807, 2.05) is 4.90 Å². The molecule has 30 heavy (non-hydrogen) atoms. The van der Waals surface area contributed by atoms with Crippen molar-refractivity contribution in [1.29, 1.82) is 0 Å². The molecule has 2 aliphatic heterocycles. The summed E-state index contributed by atoms with van der Waals surface area (Å²) in [6.45, 7) is 0.371. The number of hydrogen-bond acceptors (Lipinski definition) is 3. The normalized spacial score (nSPS) is 30.0. The first-order valence-corrected chi connectivity index (χ1v) is 11.5. The van der Waals surface area contributed by atoms with E-state index in [-0.39, 0.29) is 24.1 Å². The van der Waals surface area contributed by atoms with Gasteiger partial charge in [0.25, 0.3) is 0 Å². The highest BCUT2D eigenvalue weighted by Crippen LogP contribution is 2.51. The highest BCUT2D eigenvalue weighted by Gasteiger charge is 2.53. The summed E-state index contributed by atoms with van der Waals surface area (Å²) in [6.07, 6.45) is 6.64. The molecule has 2 unspecified atom stereocenters. The molecule has 2 heterocycles. The molecule has 2 aromatic rings. The Morgan fingerprint density at radius 3 is 2.07 bits per heavy atom. The summed E-state index contributed by atoms with van der Waals surface area (Å²) in [4.78, 5) is 15.2. The lowest BCUT2D eigenvalue weighted by Crippen LogP contribution is -2.60. The Kier molecular flexibility index (Phi) is 4.21. The van der Waals surface area contributed by atoms with Gasteiger partial charge < -0.3 is 14.7 Å². The van der Waals surface area contributed by atoms with E-state index in [0.717, 1.165) is 44.9 Å². The molecule has 4 nitrogen and oxygen atoms in total. The van der Waals surface area contributed by atoms with Crippen LogP contribution in [0.15, 0.2) is 48.5 Å². The van der Waals surface area contributed by atoms with E-state index in [9.17, 15) is 9.90 Å². The molecule has 0 aromatic heterocycles. The Hall–Kier alpha value is -2.33. The summed E-state index contributed by atoms with van der Waals surface area (Å²) in [5.41, 5.74) is 4.43. The second-order valence-corrected chi connectivity index (χ2v) is 9.74. The fourth-order valence-electron chi connectivity index (χ4n) is 6.39. The van der Waals surface area contributed by atoms with Gasteiger partial charge in [-0.3, -0.25) is 0 Å². The summed E-state index contributed by atoms with van der Waals surface area (Å²) in [5, 5.41) is 11.2. The Bertz CT molecular complexity index is 922. The third-order valence-electron chi connectivity index (χ3n) is 7.92. The van der Waals surface area contributed by atoms with Gasteiger partial charge in [0.05, 0.1) is 5.60 Å². The predicted octanol–water partition coefficient (Wildman–Crippen LogP) is 5.09. The van der Waals surface area contributed by atoms with Gasteiger partial charge in [0, 0.05) is 18.0 Å². The van der Waals surface area contributed by atoms with Crippen molar-refractivity contribution < 1.29 is 14.6 Å². The first-order chi connectivity index (χ1) is 14.6. The monoisotopic (exact) mass is 403 g/mol. The van der Waals surface area contributed by atoms with Crippen molar-refractivity contribution in [2.24, 2.45) is 5.92 Å². The standard InChI is InChI=1S/C26H29NO3/c28-25(27-18-6-5-7-19(27)15-26(29,14-18)17-12-13-17)30-16-24-22-10-3-1-8-20(22)21-9-2-4-11-23(21)24/h1-4,8-11,17-19,24,29H,5-7,12-16H2. The minimum absolute atomic E-state index is 0.0920. The molecule has 3 fully saturated rings. The summed E-state index contributed by atoms with van der Waals surface area (Å²) in [5.74, 6) is 0.541. The summed E-state index contributed by atoms with van der Waals surface area (Å²) in [6, 6.07) is 17.1. The van der Waals surface area contributed by atoms with Crippen LogP contribution in [-0.4, -0.2) is 40.4 Å². The van der Waals surface area contributed by atoms with Crippen molar-refractivity contribution >= 4 is 6.09 Å². The first-order valence-electron chi connectivity index (χ1n) is 11.5. The zero-order valence-corrected chi connectivity index (χ0v) is 17.3. The second kappa shape index (κ2) is 6.84. The van der Waals surface area contributed by atoms with Crippen LogP contribution in [0.4, 0.5) is 4.79 Å². The SMILES string of the molecule is O=C(OCC1c2ccccc2-c2ccccc21)N1C2CCCC1CC(O)(C1CC1)C2. The Morgan fingerprint density at radius 1 is 0.933 bits per heavy atom. The summed E-state index contributed by atoms with van der Waals surface area (Å²) < 4.78 is 5.97. The van der Waals surface area contributed by atoms with E-state index in [4.69, 9.17) is 4.74 Å².